The fourth-order valence-electron chi connectivity index (χ4n) is 2.77. The van der Waals surface area contributed by atoms with Crippen molar-refractivity contribution in [3.63, 3.8) is 0 Å². The van der Waals surface area contributed by atoms with Gasteiger partial charge in [-0.05, 0) is 49.7 Å². The molecular weight excluding hydrogens is 284 g/mol. The first-order chi connectivity index (χ1) is 10.2. The molecule has 1 aromatic heterocycles. The van der Waals surface area contributed by atoms with Gasteiger partial charge in [-0.3, -0.25) is 0 Å². The van der Waals surface area contributed by atoms with Crippen LogP contribution >= 0.6 is 11.6 Å². The van der Waals surface area contributed by atoms with Gasteiger partial charge in [0.05, 0.1) is 5.69 Å². The van der Waals surface area contributed by atoms with Crippen molar-refractivity contribution in [1.82, 2.24) is 15.3 Å². The van der Waals surface area contributed by atoms with Crippen LogP contribution in [0.4, 0.5) is 5.95 Å². The van der Waals surface area contributed by atoms with Crippen LogP contribution in [0.3, 0.4) is 0 Å². The molecule has 1 aromatic carbocycles. The Hall–Kier alpha value is -1.65. The van der Waals surface area contributed by atoms with Gasteiger partial charge in [0.2, 0.25) is 5.95 Å². The summed E-state index contributed by atoms with van der Waals surface area (Å²) < 4.78 is 0. The number of rotatable bonds is 3. The summed E-state index contributed by atoms with van der Waals surface area (Å²) in [5.74, 6) is 0.857. The lowest BCUT2D eigenvalue weighted by atomic mass is 9.93. The monoisotopic (exact) mass is 302 g/mol. The summed E-state index contributed by atoms with van der Waals surface area (Å²) in [6.07, 6.45) is 2.97. The summed E-state index contributed by atoms with van der Waals surface area (Å²) in [7, 11) is 0. The molecule has 0 saturated carbocycles. The Labute approximate surface area is 129 Å². The number of hydrogen-bond donors (Lipinski definition) is 2. The van der Waals surface area contributed by atoms with Crippen LogP contribution in [-0.2, 0) is 6.42 Å². The highest BCUT2D eigenvalue weighted by molar-refractivity contribution is 6.30. The van der Waals surface area contributed by atoms with Crippen molar-refractivity contribution in [3.8, 4) is 0 Å². The van der Waals surface area contributed by atoms with Crippen molar-refractivity contribution in [3.05, 3.63) is 52.3 Å². The van der Waals surface area contributed by atoms with Crippen molar-refractivity contribution in [2.24, 2.45) is 0 Å². The number of halogens is 1. The summed E-state index contributed by atoms with van der Waals surface area (Å²) in [5.41, 5.74) is 9.11. The van der Waals surface area contributed by atoms with Crippen molar-refractivity contribution < 1.29 is 0 Å². The van der Waals surface area contributed by atoms with E-state index in [9.17, 15) is 0 Å². The van der Waals surface area contributed by atoms with E-state index in [1.54, 1.807) is 0 Å². The molecule has 1 aliphatic heterocycles. The second kappa shape index (κ2) is 6.41. The van der Waals surface area contributed by atoms with Crippen LogP contribution in [0.5, 0.6) is 0 Å². The Morgan fingerprint density at radius 1 is 1.14 bits per heavy atom. The number of hydrogen-bond acceptors (Lipinski definition) is 4. The van der Waals surface area contributed by atoms with E-state index in [1.807, 2.05) is 24.3 Å². The van der Waals surface area contributed by atoms with Gasteiger partial charge in [0, 0.05) is 23.1 Å². The number of nitrogens with zero attached hydrogens (tertiary/aromatic N) is 2. The summed E-state index contributed by atoms with van der Waals surface area (Å²) in [5, 5.41) is 4.12. The van der Waals surface area contributed by atoms with Crippen LogP contribution in [0.1, 0.15) is 35.7 Å². The molecule has 2 aromatic rings. The van der Waals surface area contributed by atoms with E-state index >= 15 is 0 Å². The van der Waals surface area contributed by atoms with Crippen LogP contribution in [0.25, 0.3) is 0 Å². The van der Waals surface area contributed by atoms with Gasteiger partial charge in [-0.1, -0.05) is 23.7 Å². The van der Waals surface area contributed by atoms with Gasteiger partial charge in [-0.15, -0.1) is 0 Å². The highest BCUT2D eigenvalue weighted by atomic mass is 35.5. The lowest BCUT2D eigenvalue weighted by Crippen LogP contribution is -2.27. The molecule has 110 valence electrons. The maximum absolute atomic E-state index is 5.92. The van der Waals surface area contributed by atoms with Crippen LogP contribution in [0.2, 0.25) is 5.02 Å². The predicted molar refractivity (Wildman–Crippen MR) is 85.5 cm³/mol. The zero-order valence-corrected chi connectivity index (χ0v) is 12.6. The average Bonchev–Trinajstić information content (AvgIpc) is 2.50. The van der Waals surface area contributed by atoms with Gasteiger partial charge < -0.3 is 11.1 Å². The second-order valence-corrected chi connectivity index (χ2v) is 5.91. The molecule has 2 heterocycles. The Morgan fingerprint density at radius 2 is 1.86 bits per heavy atom. The number of nitrogen functional groups attached to an aromatic ring is 1. The number of nitrogens with two attached hydrogens (primary N) is 1. The fraction of sp³-hybridized carbons (Fsp3) is 0.375. The predicted octanol–water partition coefficient (Wildman–Crippen LogP) is 2.77. The van der Waals surface area contributed by atoms with Gasteiger partial charge >= 0.3 is 0 Å². The zero-order valence-electron chi connectivity index (χ0n) is 11.8. The summed E-state index contributed by atoms with van der Waals surface area (Å²) in [6, 6.07) is 9.93. The number of aromatic nitrogens is 2. The Kier molecular flexibility index (Phi) is 4.36. The maximum Gasteiger partial charge on any atom is 0.220 e. The summed E-state index contributed by atoms with van der Waals surface area (Å²) in [4.78, 5) is 8.80. The topological polar surface area (TPSA) is 63.8 Å². The first kappa shape index (κ1) is 14.3. The van der Waals surface area contributed by atoms with Crippen LogP contribution < -0.4 is 11.1 Å². The second-order valence-electron chi connectivity index (χ2n) is 5.47. The quantitative estimate of drug-likeness (QED) is 0.915. The zero-order chi connectivity index (χ0) is 14.7. The minimum absolute atomic E-state index is 0.370. The van der Waals surface area contributed by atoms with Crippen LogP contribution in [0, 0.1) is 0 Å². The number of piperidine rings is 1. The molecule has 4 nitrogen and oxygen atoms in total. The van der Waals surface area contributed by atoms with Crippen molar-refractivity contribution >= 4 is 17.5 Å². The van der Waals surface area contributed by atoms with E-state index in [-0.39, 0.29) is 0 Å². The molecule has 0 atom stereocenters. The molecule has 3 N–H and O–H groups in total. The van der Waals surface area contributed by atoms with Gasteiger partial charge in [-0.25, -0.2) is 9.97 Å². The SMILES string of the molecule is Nc1nc(Cc2ccc(Cl)cc2)cc(C2CCNCC2)n1. The number of nitrogens with one attached hydrogen (secondary N) is 1. The van der Waals surface area contributed by atoms with E-state index in [1.165, 1.54) is 5.56 Å². The van der Waals surface area contributed by atoms with Gasteiger partial charge in [0.15, 0.2) is 0 Å². The number of anilines is 1. The van der Waals surface area contributed by atoms with Crippen LogP contribution in [0.15, 0.2) is 30.3 Å². The third-order valence-corrected chi connectivity index (χ3v) is 4.12. The van der Waals surface area contributed by atoms with E-state index < -0.39 is 0 Å². The molecule has 0 bridgehead atoms. The van der Waals surface area contributed by atoms with E-state index in [4.69, 9.17) is 17.3 Å². The van der Waals surface area contributed by atoms with Crippen molar-refractivity contribution in [2.75, 3.05) is 18.8 Å². The lowest BCUT2D eigenvalue weighted by Gasteiger charge is -2.22. The number of benzene rings is 1. The van der Waals surface area contributed by atoms with E-state index in [2.05, 4.69) is 21.4 Å². The first-order valence-corrected chi connectivity index (χ1v) is 7.67. The fourth-order valence-corrected chi connectivity index (χ4v) is 2.89. The van der Waals surface area contributed by atoms with E-state index in [0.29, 0.717) is 11.9 Å². The molecule has 5 heteroatoms. The van der Waals surface area contributed by atoms with Gasteiger partial charge in [0.25, 0.3) is 0 Å². The molecule has 1 aliphatic rings. The minimum Gasteiger partial charge on any atom is -0.368 e. The van der Waals surface area contributed by atoms with Crippen LogP contribution in [-0.4, -0.2) is 23.1 Å². The molecule has 0 amide bonds. The van der Waals surface area contributed by atoms with Crippen molar-refractivity contribution in [2.45, 2.75) is 25.2 Å². The largest absolute Gasteiger partial charge is 0.368 e. The molecule has 0 radical (unpaired) electrons. The Bertz CT molecular complexity index is 606. The van der Waals surface area contributed by atoms with Crippen molar-refractivity contribution in [1.29, 1.82) is 0 Å². The average molecular weight is 303 g/mol. The third-order valence-electron chi connectivity index (χ3n) is 3.87. The summed E-state index contributed by atoms with van der Waals surface area (Å²) >= 11 is 5.92. The minimum atomic E-state index is 0.370. The standard InChI is InChI=1S/C16H19ClN4/c17-13-3-1-11(2-4-13)9-14-10-15(21-16(18)20-14)12-5-7-19-8-6-12/h1-4,10,12,19H,5-9H2,(H2,18,20,21). The van der Waals surface area contributed by atoms with E-state index in [0.717, 1.165) is 48.8 Å². The summed E-state index contributed by atoms with van der Waals surface area (Å²) in [6.45, 7) is 2.09. The lowest BCUT2D eigenvalue weighted by molar-refractivity contribution is 0.453. The molecule has 0 unspecified atom stereocenters. The molecule has 21 heavy (non-hydrogen) atoms. The molecule has 0 aliphatic carbocycles. The molecule has 1 saturated heterocycles. The molecule has 3 rings (SSSR count). The maximum atomic E-state index is 5.92. The molecule has 0 spiro atoms. The Balaban J connectivity index is 1.81. The molecule has 1 fully saturated rings. The third kappa shape index (κ3) is 3.71. The highest BCUT2D eigenvalue weighted by Crippen LogP contribution is 2.25. The van der Waals surface area contributed by atoms with Gasteiger partial charge in [0.1, 0.15) is 0 Å². The molecular formula is C16H19ClN4. The normalized spacial score (nSPS) is 16.0. The highest BCUT2D eigenvalue weighted by Gasteiger charge is 2.18. The smallest absolute Gasteiger partial charge is 0.220 e. The first-order valence-electron chi connectivity index (χ1n) is 7.29. The van der Waals surface area contributed by atoms with Gasteiger partial charge in [-0.2, -0.15) is 0 Å². The Morgan fingerprint density at radius 3 is 2.57 bits per heavy atom.